The zero-order valence-corrected chi connectivity index (χ0v) is 21.3. The van der Waals surface area contributed by atoms with Crippen LogP contribution in [0.25, 0.3) is 0 Å². The molecule has 0 bridgehead atoms. The third-order valence-electron chi connectivity index (χ3n) is 8.94. The predicted molar refractivity (Wildman–Crippen MR) is 137 cm³/mol. The molecule has 1 aromatic carbocycles. The average Bonchev–Trinajstić information content (AvgIpc) is 2.90. The zero-order valence-electron chi connectivity index (χ0n) is 21.3. The lowest BCUT2D eigenvalue weighted by atomic mass is 9.60. The highest BCUT2D eigenvalue weighted by Gasteiger charge is 2.39. The van der Waals surface area contributed by atoms with Crippen LogP contribution in [0.3, 0.4) is 0 Å². The molecule has 2 fully saturated rings. The maximum absolute atomic E-state index is 5.55. The van der Waals surface area contributed by atoms with E-state index >= 15 is 0 Å². The summed E-state index contributed by atoms with van der Waals surface area (Å²) in [7, 11) is 1.77. The van der Waals surface area contributed by atoms with E-state index in [1.165, 1.54) is 41.7 Å². The van der Waals surface area contributed by atoms with Crippen LogP contribution in [-0.2, 0) is 10.2 Å². The van der Waals surface area contributed by atoms with E-state index in [-0.39, 0.29) is 5.41 Å². The molecule has 1 unspecified atom stereocenters. The molecule has 3 aliphatic rings. The number of hydrogen-bond donors (Lipinski definition) is 0. The standard InChI is InChI=1S/C30H43NO/c1-20-16-25(17-20)30(5,6)24-8-10-26(11-9-24)31-15-14-21(2)29(19-31)28-13-12-27(32-7)18-22(3)23(28)4/h8-13,18,20-22,25,29H,14-17,19H2,1-7H3/t20?,21-,22?,25?,29-/m0/s1. The largest absolute Gasteiger partial charge is 0.497 e. The zero-order chi connectivity index (χ0) is 23.0. The Kier molecular flexibility index (Phi) is 6.61. The minimum atomic E-state index is 0.277. The summed E-state index contributed by atoms with van der Waals surface area (Å²) in [5.74, 6) is 4.36. The Morgan fingerprint density at radius 1 is 1.00 bits per heavy atom. The third-order valence-corrected chi connectivity index (χ3v) is 8.94. The molecule has 32 heavy (non-hydrogen) atoms. The van der Waals surface area contributed by atoms with Gasteiger partial charge in [-0.25, -0.2) is 0 Å². The van der Waals surface area contributed by atoms with Crippen LogP contribution in [0.15, 0.2) is 59.4 Å². The number of ether oxygens (including phenoxy) is 1. The molecule has 0 spiro atoms. The number of anilines is 1. The van der Waals surface area contributed by atoms with Gasteiger partial charge in [0.15, 0.2) is 0 Å². The molecule has 0 N–H and O–H groups in total. The predicted octanol–water partition coefficient (Wildman–Crippen LogP) is 7.53. The summed E-state index contributed by atoms with van der Waals surface area (Å²) >= 11 is 0. The van der Waals surface area contributed by atoms with Crippen molar-refractivity contribution in [3.63, 3.8) is 0 Å². The molecule has 2 heteroatoms. The second kappa shape index (κ2) is 9.12. The Hall–Kier alpha value is -1.96. The van der Waals surface area contributed by atoms with Crippen LogP contribution in [0, 0.1) is 29.6 Å². The number of methoxy groups -OCH3 is 1. The first-order chi connectivity index (χ1) is 15.2. The van der Waals surface area contributed by atoms with E-state index in [2.05, 4.69) is 88.9 Å². The van der Waals surface area contributed by atoms with E-state index in [9.17, 15) is 0 Å². The highest BCUT2D eigenvalue weighted by Crippen LogP contribution is 2.47. The smallest absolute Gasteiger partial charge is 0.115 e. The molecule has 1 aromatic rings. The average molecular weight is 434 g/mol. The van der Waals surface area contributed by atoms with E-state index < -0.39 is 0 Å². The molecular formula is C30H43NO. The van der Waals surface area contributed by atoms with Gasteiger partial charge in [-0.05, 0) is 90.7 Å². The van der Waals surface area contributed by atoms with Crippen molar-refractivity contribution in [1.82, 2.24) is 0 Å². The van der Waals surface area contributed by atoms with E-state index in [1.807, 2.05) is 0 Å². The molecule has 0 amide bonds. The second-order valence-corrected chi connectivity index (χ2v) is 11.4. The van der Waals surface area contributed by atoms with Gasteiger partial charge < -0.3 is 9.64 Å². The summed E-state index contributed by atoms with van der Waals surface area (Å²) in [4.78, 5) is 2.61. The fraction of sp³-hybridized carbons (Fsp3) is 0.600. The summed E-state index contributed by atoms with van der Waals surface area (Å²) < 4.78 is 5.55. The van der Waals surface area contributed by atoms with Crippen molar-refractivity contribution in [1.29, 1.82) is 0 Å². The fourth-order valence-electron chi connectivity index (χ4n) is 6.08. The lowest BCUT2D eigenvalue weighted by Gasteiger charge is -2.45. The molecule has 1 saturated carbocycles. The first-order valence-corrected chi connectivity index (χ1v) is 12.7. The molecule has 1 saturated heterocycles. The van der Waals surface area contributed by atoms with Gasteiger partial charge in [0.2, 0.25) is 0 Å². The lowest BCUT2D eigenvalue weighted by molar-refractivity contribution is 0.127. The Balaban J connectivity index is 1.52. The van der Waals surface area contributed by atoms with Crippen LogP contribution in [-0.4, -0.2) is 20.2 Å². The summed E-state index contributed by atoms with van der Waals surface area (Å²) in [6.45, 7) is 16.5. The van der Waals surface area contributed by atoms with Gasteiger partial charge in [-0.15, -0.1) is 0 Å². The number of rotatable bonds is 5. The summed E-state index contributed by atoms with van der Waals surface area (Å²) in [6.07, 6.45) is 10.7. The van der Waals surface area contributed by atoms with Crippen LogP contribution in [0.4, 0.5) is 5.69 Å². The molecule has 2 nitrogen and oxygen atoms in total. The summed E-state index contributed by atoms with van der Waals surface area (Å²) in [6, 6.07) is 9.56. The van der Waals surface area contributed by atoms with Gasteiger partial charge in [-0.2, -0.15) is 0 Å². The monoisotopic (exact) mass is 433 g/mol. The van der Waals surface area contributed by atoms with Gasteiger partial charge in [0.05, 0.1) is 7.11 Å². The molecule has 0 aromatic heterocycles. The van der Waals surface area contributed by atoms with E-state index in [0.717, 1.165) is 30.7 Å². The van der Waals surface area contributed by atoms with Crippen LogP contribution in [0.5, 0.6) is 0 Å². The number of piperidine rings is 1. The van der Waals surface area contributed by atoms with E-state index in [4.69, 9.17) is 4.74 Å². The Bertz CT molecular complexity index is 897. The maximum atomic E-state index is 5.55. The van der Waals surface area contributed by atoms with Crippen molar-refractivity contribution in [3.8, 4) is 0 Å². The topological polar surface area (TPSA) is 12.5 Å². The molecule has 4 rings (SSSR count). The van der Waals surface area contributed by atoms with Gasteiger partial charge in [0, 0.05) is 24.7 Å². The highest BCUT2D eigenvalue weighted by molar-refractivity contribution is 5.50. The van der Waals surface area contributed by atoms with Crippen molar-refractivity contribution in [2.75, 3.05) is 25.1 Å². The van der Waals surface area contributed by atoms with Crippen molar-refractivity contribution >= 4 is 5.69 Å². The van der Waals surface area contributed by atoms with Crippen molar-refractivity contribution < 1.29 is 4.74 Å². The maximum Gasteiger partial charge on any atom is 0.115 e. The number of hydrogen-bond acceptors (Lipinski definition) is 2. The van der Waals surface area contributed by atoms with E-state index in [1.54, 1.807) is 7.11 Å². The number of benzene rings is 1. The van der Waals surface area contributed by atoms with Crippen LogP contribution in [0.2, 0.25) is 0 Å². The molecule has 174 valence electrons. The molecule has 1 aliphatic heterocycles. The Morgan fingerprint density at radius 3 is 2.31 bits per heavy atom. The van der Waals surface area contributed by atoms with Gasteiger partial charge in [-0.1, -0.05) is 58.4 Å². The molecule has 0 radical (unpaired) electrons. The van der Waals surface area contributed by atoms with E-state index in [0.29, 0.717) is 17.8 Å². The quantitative estimate of drug-likeness (QED) is 0.476. The molecular weight excluding hydrogens is 390 g/mol. The van der Waals surface area contributed by atoms with Crippen molar-refractivity contribution in [2.45, 2.75) is 66.2 Å². The first kappa shape index (κ1) is 23.2. The van der Waals surface area contributed by atoms with Gasteiger partial charge in [-0.3, -0.25) is 0 Å². The van der Waals surface area contributed by atoms with Crippen molar-refractivity contribution in [3.05, 3.63) is 65.0 Å². The lowest BCUT2D eigenvalue weighted by Crippen LogP contribution is -2.41. The summed E-state index contributed by atoms with van der Waals surface area (Å²) in [5, 5.41) is 0. The molecule has 2 aliphatic carbocycles. The van der Waals surface area contributed by atoms with Crippen LogP contribution < -0.4 is 4.90 Å². The SMILES string of the molecule is COC1=CC(C)C(C)=C([C@H]2CN(c3ccc(C(C)(C)C4CC(C)C4)cc3)CC[C@@H]2C)C=C1. The molecule has 1 heterocycles. The van der Waals surface area contributed by atoms with Crippen LogP contribution in [0.1, 0.15) is 66.4 Å². The van der Waals surface area contributed by atoms with Gasteiger partial charge in [0.1, 0.15) is 5.76 Å². The number of allylic oxidation sites excluding steroid dienone is 4. The minimum absolute atomic E-state index is 0.277. The Labute approximate surface area is 196 Å². The number of nitrogens with zero attached hydrogens (tertiary/aromatic N) is 1. The first-order valence-electron chi connectivity index (χ1n) is 12.7. The Morgan fingerprint density at radius 2 is 1.69 bits per heavy atom. The van der Waals surface area contributed by atoms with Crippen LogP contribution >= 0.6 is 0 Å². The van der Waals surface area contributed by atoms with Gasteiger partial charge >= 0.3 is 0 Å². The third kappa shape index (κ3) is 4.43. The van der Waals surface area contributed by atoms with Crippen molar-refractivity contribution in [2.24, 2.45) is 29.6 Å². The van der Waals surface area contributed by atoms with Gasteiger partial charge in [0.25, 0.3) is 0 Å². The second-order valence-electron chi connectivity index (χ2n) is 11.4. The fourth-order valence-corrected chi connectivity index (χ4v) is 6.08. The summed E-state index contributed by atoms with van der Waals surface area (Å²) in [5.41, 5.74) is 6.15. The minimum Gasteiger partial charge on any atom is -0.497 e. The molecule has 3 atom stereocenters. The highest BCUT2D eigenvalue weighted by atomic mass is 16.5. The normalized spacial score (nSPS) is 31.2.